The number of aromatic nitrogens is 1. The topological polar surface area (TPSA) is 42.4 Å². The van der Waals surface area contributed by atoms with E-state index in [4.69, 9.17) is 9.84 Å². The Hall–Kier alpha value is -0.610. The predicted molar refractivity (Wildman–Crippen MR) is 49.1 cm³/mol. The lowest BCUT2D eigenvalue weighted by molar-refractivity contribution is 0.120. The van der Waals surface area contributed by atoms with E-state index in [1.165, 1.54) is 0 Å². The lowest BCUT2D eigenvalue weighted by atomic mass is 10.4. The number of aliphatic hydroxyl groups is 1. The summed E-state index contributed by atoms with van der Waals surface area (Å²) >= 11 is 3.29. The molecule has 1 atom stereocenters. The van der Waals surface area contributed by atoms with Crippen molar-refractivity contribution in [2.24, 2.45) is 0 Å². The minimum atomic E-state index is -0.467. The number of aliphatic hydroxyl groups excluding tert-OH is 1. The Balaban J connectivity index is 2.52. The Morgan fingerprint density at radius 1 is 1.75 bits per heavy atom. The van der Waals surface area contributed by atoms with Crippen molar-refractivity contribution in [3.05, 3.63) is 22.8 Å². The third kappa shape index (κ3) is 3.19. The third-order valence-corrected chi connectivity index (χ3v) is 1.66. The van der Waals surface area contributed by atoms with Gasteiger partial charge in [0.25, 0.3) is 0 Å². The summed E-state index contributed by atoms with van der Waals surface area (Å²) < 4.78 is 6.07. The zero-order chi connectivity index (χ0) is 8.97. The van der Waals surface area contributed by atoms with Crippen molar-refractivity contribution < 1.29 is 9.84 Å². The zero-order valence-corrected chi connectivity index (χ0v) is 8.28. The van der Waals surface area contributed by atoms with Gasteiger partial charge in [0.2, 0.25) is 5.88 Å². The van der Waals surface area contributed by atoms with Crippen molar-refractivity contribution in [1.29, 1.82) is 0 Å². The number of nitrogens with zero attached hydrogens (tertiary/aromatic N) is 1. The van der Waals surface area contributed by atoms with Gasteiger partial charge in [0, 0.05) is 16.7 Å². The van der Waals surface area contributed by atoms with Gasteiger partial charge in [-0.05, 0) is 13.0 Å². The van der Waals surface area contributed by atoms with Crippen LogP contribution >= 0.6 is 15.9 Å². The standard InChI is InChI=1S/C8H10BrNO2/c1-6(11)5-12-8-4-7(9)2-3-10-8/h2-4,6,11H,5H2,1H3. The molecule has 0 saturated heterocycles. The molecular formula is C8H10BrNO2. The molecule has 0 radical (unpaired) electrons. The van der Waals surface area contributed by atoms with Gasteiger partial charge in [-0.25, -0.2) is 4.98 Å². The largest absolute Gasteiger partial charge is 0.475 e. The van der Waals surface area contributed by atoms with Crippen molar-refractivity contribution in [2.75, 3.05) is 6.61 Å². The average molecular weight is 232 g/mol. The molecule has 0 aliphatic heterocycles. The van der Waals surface area contributed by atoms with E-state index in [2.05, 4.69) is 20.9 Å². The van der Waals surface area contributed by atoms with E-state index < -0.39 is 6.10 Å². The first kappa shape index (κ1) is 9.48. The molecule has 1 rings (SSSR count). The highest BCUT2D eigenvalue weighted by molar-refractivity contribution is 9.10. The Labute approximate surface area is 79.5 Å². The van der Waals surface area contributed by atoms with E-state index in [9.17, 15) is 0 Å². The average Bonchev–Trinajstić information content (AvgIpc) is 2.01. The second-order valence-corrected chi connectivity index (χ2v) is 3.39. The highest BCUT2D eigenvalue weighted by Gasteiger charge is 1.98. The number of halogens is 1. The van der Waals surface area contributed by atoms with Crippen molar-refractivity contribution in [2.45, 2.75) is 13.0 Å². The summed E-state index contributed by atoms with van der Waals surface area (Å²) in [6.07, 6.45) is 1.17. The van der Waals surface area contributed by atoms with Gasteiger partial charge in [0.15, 0.2) is 0 Å². The molecular weight excluding hydrogens is 222 g/mol. The highest BCUT2D eigenvalue weighted by Crippen LogP contribution is 2.14. The number of rotatable bonds is 3. The molecule has 0 amide bonds. The van der Waals surface area contributed by atoms with Crippen LogP contribution in [0.25, 0.3) is 0 Å². The summed E-state index contributed by atoms with van der Waals surface area (Å²) in [4.78, 5) is 3.95. The van der Waals surface area contributed by atoms with Gasteiger partial charge < -0.3 is 9.84 Å². The van der Waals surface area contributed by atoms with Gasteiger partial charge in [-0.15, -0.1) is 0 Å². The van der Waals surface area contributed by atoms with Crippen molar-refractivity contribution in [1.82, 2.24) is 4.98 Å². The number of hydrogen-bond acceptors (Lipinski definition) is 3. The first-order valence-electron chi connectivity index (χ1n) is 3.61. The quantitative estimate of drug-likeness (QED) is 0.860. The summed E-state index contributed by atoms with van der Waals surface area (Å²) in [5.41, 5.74) is 0. The summed E-state index contributed by atoms with van der Waals surface area (Å²) in [6, 6.07) is 3.57. The summed E-state index contributed by atoms with van der Waals surface area (Å²) in [5.74, 6) is 0.519. The molecule has 3 nitrogen and oxygen atoms in total. The van der Waals surface area contributed by atoms with Crippen LogP contribution in [0.4, 0.5) is 0 Å². The van der Waals surface area contributed by atoms with E-state index in [0.717, 1.165) is 4.47 Å². The predicted octanol–water partition coefficient (Wildman–Crippen LogP) is 1.60. The maximum Gasteiger partial charge on any atom is 0.214 e. The lowest BCUT2D eigenvalue weighted by Gasteiger charge is -2.06. The van der Waals surface area contributed by atoms with Crippen LogP contribution in [0.3, 0.4) is 0 Å². The van der Waals surface area contributed by atoms with Crippen LogP contribution in [0.2, 0.25) is 0 Å². The van der Waals surface area contributed by atoms with Crippen LogP contribution in [0.15, 0.2) is 22.8 Å². The summed E-state index contributed by atoms with van der Waals surface area (Å²) in [7, 11) is 0. The maximum atomic E-state index is 8.92. The van der Waals surface area contributed by atoms with Crippen LogP contribution < -0.4 is 4.74 Å². The molecule has 0 saturated carbocycles. The Kier molecular flexibility index (Phi) is 3.49. The second kappa shape index (κ2) is 4.42. The monoisotopic (exact) mass is 231 g/mol. The number of ether oxygens (including phenoxy) is 1. The van der Waals surface area contributed by atoms with Crippen LogP contribution in [0, 0.1) is 0 Å². The first-order chi connectivity index (χ1) is 5.68. The fraction of sp³-hybridized carbons (Fsp3) is 0.375. The molecule has 0 aliphatic rings. The minimum absolute atomic E-state index is 0.267. The maximum absolute atomic E-state index is 8.92. The second-order valence-electron chi connectivity index (χ2n) is 2.47. The Bertz CT molecular complexity index is 253. The van der Waals surface area contributed by atoms with Crippen LogP contribution in [-0.4, -0.2) is 22.8 Å². The van der Waals surface area contributed by atoms with Gasteiger partial charge in [0.1, 0.15) is 6.61 Å². The van der Waals surface area contributed by atoms with Crippen LogP contribution in [0.1, 0.15) is 6.92 Å². The van der Waals surface area contributed by atoms with Crippen molar-refractivity contribution in [3.8, 4) is 5.88 Å². The molecule has 0 fully saturated rings. The van der Waals surface area contributed by atoms with Gasteiger partial charge >= 0.3 is 0 Å². The van der Waals surface area contributed by atoms with E-state index in [1.54, 1.807) is 19.2 Å². The smallest absolute Gasteiger partial charge is 0.214 e. The first-order valence-corrected chi connectivity index (χ1v) is 4.40. The summed E-state index contributed by atoms with van der Waals surface area (Å²) in [6.45, 7) is 1.93. The van der Waals surface area contributed by atoms with Crippen molar-refractivity contribution in [3.63, 3.8) is 0 Å². The molecule has 0 aliphatic carbocycles. The molecule has 1 N–H and O–H groups in total. The van der Waals surface area contributed by atoms with Gasteiger partial charge in [-0.1, -0.05) is 15.9 Å². The molecule has 1 unspecified atom stereocenters. The highest BCUT2D eigenvalue weighted by atomic mass is 79.9. The molecule has 66 valence electrons. The normalized spacial score (nSPS) is 12.6. The number of hydrogen-bond donors (Lipinski definition) is 1. The van der Waals surface area contributed by atoms with Crippen molar-refractivity contribution >= 4 is 15.9 Å². The molecule has 12 heavy (non-hydrogen) atoms. The molecule has 1 heterocycles. The fourth-order valence-electron chi connectivity index (χ4n) is 0.670. The molecule has 0 bridgehead atoms. The Morgan fingerprint density at radius 2 is 2.50 bits per heavy atom. The zero-order valence-electron chi connectivity index (χ0n) is 6.70. The van der Waals surface area contributed by atoms with Crippen LogP contribution in [0.5, 0.6) is 5.88 Å². The van der Waals surface area contributed by atoms with E-state index in [1.807, 2.05) is 6.07 Å². The van der Waals surface area contributed by atoms with E-state index in [-0.39, 0.29) is 6.61 Å². The Morgan fingerprint density at radius 3 is 3.08 bits per heavy atom. The molecule has 4 heteroatoms. The molecule has 0 aromatic carbocycles. The van der Waals surface area contributed by atoms with Gasteiger partial charge in [-0.3, -0.25) is 0 Å². The van der Waals surface area contributed by atoms with Gasteiger partial charge in [-0.2, -0.15) is 0 Å². The molecule has 1 aromatic rings. The third-order valence-electron chi connectivity index (χ3n) is 1.17. The van der Waals surface area contributed by atoms with E-state index in [0.29, 0.717) is 5.88 Å². The minimum Gasteiger partial charge on any atom is -0.475 e. The van der Waals surface area contributed by atoms with Gasteiger partial charge in [0.05, 0.1) is 6.10 Å². The molecule has 0 spiro atoms. The number of pyridine rings is 1. The SMILES string of the molecule is CC(O)COc1cc(Br)ccn1. The lowest BCUT2D eigenvalue weighted by Crippen LogP contribution is -2.13. The molecule has 1 aromatic heterocycles. The summed E-state index contributed by atoms with van der Waals surface area (Å²) in [5, 5.41) is 8.92. The fourth-order valence-corrected chi connectivity index (χ4v) is 0.984. The van der Waals surface area contributed by atoms with Crippen LogP contribution in [-0.2, 0) is 0 Å². The van der Waals surface area contributed by atoms with E-state index >= 15 is 0 Å².